The quantitative estimate of drug-likeness (QED) is 0.858. The number of fused-ring (bicyclic) bond motifs is 1. The van der Waals surface area contributed by atoms with Gasteiger partial charge in [0.05, 0.1) is 17.1 Å². The predicted molar refractivity (Wildman–Crippen MR) is 71.4 cm³/mol. The van der Waals surface area contributed by atoms with Gasteiger partial charge in [-0.1, -0.05) is 24.3 Å². The number of carbonyl (C=O) groups excluding carboxylic acids is 1. The molecule has 0 spiro atoms. The molecule has 0 heterocycles. The van der Waals surface area contributed by atoms with Gasteiger partial charge in [0.2, 0.25) is 5.91 Å². The van der Waals surface area contributed by atoms with Gasteiger partial charge in [0, 0.05) is 0 Å². The maximum Gasteiger partial charge on any atom is 0.228 e. The molecule has 1 aliphatic carbocycles. The molecule has 1 unspecified atom stereocenters. The second-order valence-electron chi connectivity index (χ2n) is 6.13. The molecule has 1 aromatic carbocycles. The van der Waals surface area contributed by atoms with Crippen molar-refractivity contribution in [1.82, 2.24) is 5.32 Å². The van der Waals surface area contributed by atoms with Gasteiger partial charge in [-0.05, 0) is 45.2 Å². The topological polar surface area (TPSA) is 49.3 Å². The van der Waals surface area contributed by atoms with Crippen molar-refractivity contribution in [2.24, 2.45) is 0 Å². The van der Waals surface area contributed by atoms with Crippen molar-refractivity contribution in [3.05, 3.63) is 35.4 Å². The lowest BCUT2D eigenvalue weighted by Gasteiger charge is -2.40. The Labute approximate surface area is 108 Å². The Bertz CT molecular complexity index is 472. The number of benzene rings is 1. The number of hydrogen-bond donors (Lipinski definition) is 2. The third-order valence-corrected chi connectivity index (χ3v) is 4.14. The van der Waals surface area contributed by atoms with Gasteiger partial charge in [0.1, 0.15) is 0 Å². The van der Waals surface area contributed by atoms with E-state index in [1.54, 1.807) is 13.8 Å². The van der Waals surface area contributed by atoms with Crippen LogP contribution in [0.4, 0.5) is 0 Å². The van der Waals surface area contributed by atoms with Gasteiger partial charge < -0.3 is 10.4 Å². The molecule has 3 nitrogen and oxygen atoms in total. The molecule has 1 atom stereocenters. The van der Waals surface area contributed by atoms with Crippen LogP contribution in [-0.4, -0.2) is 22.2 Å². The molecule has 1 aromatic rings. The SMILES string of the molecule is CC(C)(O)C(C)(C)NC(=O)C1Cc2ccccc21. The van der Waals surface area contributed by atoms with E-state index in [0.29, 0.717) is 0 Å². The van der Waals surface area contributed by atoms with Crippen molar-refractivity contribution in [1.29, 1.82) is 0 Å². The molecule has 2 N–H and O–H groups in total. The predicted octanol–water partition coefficient (Wildman–Crippen LogP) is 1.99. The smallest absolute Gasteiger partial charge is 0.228 e. The molecular formula is C15H21NO2. The fraction of sp³-hybridized carbons (Fsp3) is 0.533. The van der Waals surface area contributed by atoms with Crippen LogP contribution in [0.3, 0.4) is 0 Å². The van der Waals surface area contributed by atoms with E-state index in [4.69, 9.17) is 0 Å². The first-order chi connectivity index (χ1) is 8.22. The monoisotopic (exact) mass is 247 g/mol. The summed E-state index contributed by atoms with van der Waals surface area (Å²) < 4.78 is 0. The molecule has 0 aromatic heterocycles. The average molecular weight is 247 g/mol. The molecule has 3 heteroatoms. The fourth-order valence-electron chi connectivity index (χ4n) is 2.04. The molecule has 1 aliphatic rings. The number of nitrogens with one attached hydrogen (secondary N) is 1. The molecule has 98 valence electrons. The van der Waals surface area contributed by atoms with E-state index < -0.39 is 11.1 Å². The highest BCUT2D eigenvalue weighted by molar-refractivity contribution is 5.87. The second kappa shape index (κ2) is 4.09. The first-order valence-electron chi connectivity index (χ1n) is 6.34. The number of rotatable bonds is 3. The van der Waals surface area contributed by atoms with Crippen LogP contribution in [0.5, 0.6) is 0 Å². The molecule has 2 rings (SSSR count). The molecular weight excluding hydrogens is 226 g/mol. The zero-order chi connectivity index (χ0) is 13.6. The highest BCUT2D eigenvalue weighted by Gasteiger charge is 2.40. The molecule has 18 heavy (non-hydrogen) atoms. The summed E-state index contributed by atoms with van der Waals surface area (Å²) in [6, 6.07) is 8.01. The fourth-order valence-corrected chi connectivity index (χ4v) is 2.04. The largest absolute Gasteiger partial charge is 0.388 e. The highest BCUT2D eigenvalue weighted by Crippen LogP contribution is 2.35. The van der Waals surface area contributed by atoms with Crippen LogP contribution in [0.25, 0.3) is 0 Å². The lowest BCUT2D eigenvalue weighted by molar-refractivity contribution is -0.128. The van der Waals surface area contributed by atoms with E-state index in [9.17, 15) is 9.90 Å². The molecule has 0 fully saturated rings. The van der Waals surface area contributed by atoms with E-state index >= 15 is 0 Å². The van der Waals surface area contributed by atoms with Crippen molar-refractivity contribution < 1.29 is 9.90 Å². The van der Waals surface area contributed by atoms with Gasteiger partial charge in [0.25, 0.3) is 0 Å². The maximum atomic E-state index is 12.2. The highest BCUT2D eigenvalue weighted by atomic mass is 16.3. The number of amides is 1. The van der Waals surface area contributed by atoms with Crippen LogP contribution >= 0.6 is 0 Å². The third kappa shape index (κ3) is 2.15. The van der Waals surface area contributed by atoms with Crippen molar-refractivity contribution in [3.8, 4) is 0 Å². The summed E-state index contributed by atoms with van der Waals surface area (Å²) >= 11 is 0. The van der Waals surface area contributed by atoms with Crippen LogP contribution in [0.2, 0.25) is 0 Å². The summed E-state index contributed by atoms with van der Waals surface area (Å²) in [6.07, 6.45) is 0.796. The molecule has 1 amide bonds. The number of carbonyl (C=O) groups is 1. The minimum Gasteiger partial charge on any atom is -0.388 e. The summed E-state index contributed by atoms with van der Waals surface area (Å²) in [6.45, 7) is 7.11. The summed E-state index contributed by atoms with van der Waals surface area (Å²) in [7, 11) is 0. The Morgan fingerprint density at radius 3 is 2.44 bits per heavy atom. The van der Waals surface area contributed by atoms with Crippen LogP contribution in [0, 0.1) is 0 Å². The third-order valence-electron chi connectivity index (χ3n) is 4.14. The Morgan fingerprint density at radius 2 is 1.89 bits per heavy atom. The lowest BCUT2D eigenvalue weighted by Crippen LogP contribution is -2.59. The van der Waals surface area contributed by atoms with E-state index in [-0.39, 0.29) is 11.8 Å². The van der Waals surface area contributed by atoms with Gasteiger partial charge in [0.15, 0.2) is 0 Å². The van der Waals surface area contributed by atoms with Gasteiger partial charge in [-0.15, -0.1) is 0 Å². The lowest BCUT2D eigenvalue weighted by atomic mass is 9.76. The second-order valence-corrected chi connectivity index (χ2v) is 6.13. The summed E-state index contributed by atoms with van der Waals surface area (Å²) in [5, 5.41) is 13.0. The van der Waals surface area contributed by atoms with Gasteiger partial charge in [-0.2, -0.15) is 0 Å². The van der Waals surface area contributed by atoms with E-state index in [1.807, 2.05) is 32.0 Å². The summed E-state index contributed by atoms with van der Waals surface area (Å²) in [5.41, 5.74) is 0.765. The van der Waals surface area contributed by atoms with Crippen LogP contribution < -0.4 is 5.32 Å². The molecule has 0 saturated carbocycles. The van der Waals surface area contributed by atoms with Crippen molar-refractivity contribution in [2.45, 2.75) is 51.2 Å². The Balaban J connectivity index is 2.08. The van der Waals surface area contributed by atoms with Crippen LogP contribution in [-0.2, 0) is 11.2 Å². The van der Waals surface area contributed by atoms with Crippen LogP contribution in [0.15, 0.2) is 24.3 Å². The first-order valence-corrected chi connectivity index (χ1v) is 6.34. The zero-order valence-electron chi connectivity index (χ0n) is 11.4. The standard InChI is InChI=1S/C15H21NO2/c1-14(2,15(3,4)18)16-13(17)12-9-10-7-5-6-8-11(10)12/h5-8,12,18H,9H2,1-4H3,(H,16,17). The number of aliphatic hydroxyl groups is 1. The van der Waals surface area contributed by atoms with Crippen molar-refractivity contribution in [2.75, 3.05) is 0 Å². The molecule has 0 bridgehead atoms. The van der Waals surface area contributed by atoms with E-state index in [2.05, 4.69) is 11.4 Å². The van der Waals surface area contributed by atoms with Gasteiger partial charge in [-0.25, -0.2) is 0 Å². The zero-order valence-corrected chi connectivity index (χ0v) is 11.4. The first kappa shape index (κ1) is 13.1. The van der Waals surface area contributed by atoms with Crippen molar-refractivity contribution >= 4 is 5.91 Å². The minimum atomic E-state index is -0.952. The minimum absolute atomic E-state index is 0.000764. The Morgan fingerprint density at radius 1 is 1.28 bits per heavy atom. The Hall–Kier alpha value is -1.35. The van der Waals surface area contributed by atoms with Crippen LogP contribution in [0.1, 0.15) is 44.7 Å². The Kier molecular flexibility index (Phi) is 2.98. The summed E-state index contributed by atoms with van der Waals surface area (Å²) in [4.78, 5) is 12.2. The molecule has 0 radical (unpaired) electrons. The maximum absolute atomic E-state index is 12.2. The van der Waals surface area contributed by atoms with E-state index in [0.717, 1.165) is 12.0 Å². The molecule has 0 aliphatic heterocycles. The van der Waals surface area contributed by atoms with Gasteiger partial charge in [-0.3, -0.25) is 4.79 Å². The number of hydrogen-bond acceptors (Lipinski definition) is 2. The van der Waals surface area contributed by atoms with Gasteiger partial charge >= 0.3 is 0 Å². The normalized spacial score (nSPS) is 18.8. The summed E-state index contributed by atoms with van der Waals surface area (Å²) in [5.74, 6) is -0.0661. The van der Waals surface area contributed by atoms with E-state index in [1.165, 1.54) is 5.56 Å². The van der Waals surface area contributed by atoms with Crippen molar-refractivity contribution in [3.63, 3.8) is 0 Å². The average Bonchev–Trinajstić information content (AvgIpc) is 2.17. The molecule has 0 saturated heterocycles.